The van der Waals surface area contributed by atoms with Crippen molar-refractivity contribution in [3.05, 3.63) is 63.3 Å². The van der Waals surface area contributed by atoms with Gasteiger partial charge in [-0.05, 0) is 42.8 Å². The predicted molar refractivity (Wildman–Crippen MR) is 77.6 cm³/mol. The Labute approximate surface area is 119 Å². The summed E-state index contributed by atoms with van der Waals surface area (Å²) in [6, 6.07) is 12.3. The van der Waals surface area contributed by atoms with Gasteiger partial charge in [0.15, 0.2) is 0 Å². The molecule has 2 aromatic rings. The van der Waals surface area contributed by atoms with Crippen molar-refractivity contribution in [3.63, 3.8) is 0 Å². The number of benzene rings is 2. The van der Waals surface area contributed by atoms with Gasteiger partial charge in [-0.25, -0.2) is 4.39 Å². The molecule has 1 unspecified atom stereocenters. The normalized spacial score (nSPS) is 12.2. The van der Waals surface area contributed by atoms with Gasteiger partial charge in [0.1, 0.15) is 5.82 Å². The SMILES string of the molecule is CC(Nc1cc(Br)ccc1F)c1ccc(Cl)cc1. The molecule has 18 heavy (non-hydrogen) atoms. The Bertz CT molecular complexity index is 542. The van der Waals surface area contributed by atoms with E-state index in [4.69, 9.17) is 11.6 Å². The lowest BCUT2D eigenvalue weighted by Crippen LogP contribution is -2.07. The zero-order valence-electron chi connectivity index (χ0n) is 9.75. The largest absolute Gasteiger partial charge is 0.376 e. The van der Waals surface area contributed by atoms with Crippen molar-refractivity contribution in [1.82, 2.24) is 0 Å². The van der Waals surface area contributed by atoms with Crippen LogP contribution in [0.5, 0.6) is 0 Å². The summed E-state index contributed by atoms with van der Waals surface area (Å²) < 4.78 is 14.4. The van der Waals surface area contributed by atoms with Crippen molar-refractivity contribution in [2.75, 3.05) is 5.32 Å². The highest BCUT2D eigenvalue weighted by molar-refractivity contribution is 9.10. The van der Waals surface area contributed by atoms with Crippen molar-refractivity contribution in [2.24, 2.45) is 0 Å². The molecule has 1 N–H and O–H groups in total. The molecule has 0 aromatic heterocycles. The molecule has 0 aliphatic rings. The van der Waals surface area contributed by atoms with Crippen LogP contribution in [0.3, 0.4) is 0 Å². The molecule has 1 atom stereocenters. The first-order valence-electron chi connectivity index (χ1n) is 5.53. The molecule has 0 heterocycles. The van der Waals surface area contributed by atoms with Crippen molar-refractivity contribution in [1.29, 1.82) is 0 Å². The van der Waals surface area contributed by atoms with Crippen LogP contribution in [0, 0.1) is 5.82 Å². The smallest absolute Gasteiger partial charge is 0.146 e. The Hall–Kier alpha value is -1.06. The van der Waals surface area contributed by atoms with Crippen LogP contribution in [0.25, 0.3) is 0 Å². The van der Waals surface area contributed by atoms with E-state index in [0.717, 1.165) is 10.0 Å². The van der Waals surface area contributed by atoms with E-state index in [9.17, 15) is 4.39 Å². The number of hydrogen-bond donors (Lipinski definition) is 1. The molecule has 0 spiro atoms. The molecular formula is C14H12BrClFN. The third-order valence-electron chi connectivity index (χ3n) is 2.67. The number of halogens is 3. The van der Waals surface area contributed by atoms with Crippen LogP contribution in [-0.2, 0) is 0 Å². The Morgan fingerprint density at radius 3 is 2.50 bits per heavy atom. The number of anilines is 1. The molecular weight excluding hydrogens is 317 g/mol. The van der Waals surface area contributed by atoms with Gasteiger partial charge >= 0.3 is 0 Å². The van der Waals surface area contributed by atoms with E-state index in [1.54, 1.807) is 12.1 Å². The van der Waals surface area contributed by atoms with Gasteiger partial charge in [0.2, 0.25) is 0 Å². The fraction of sp³-hybridized carbons (Fsp3) is 0.143. The van der Waals surface area contributed by atoms with Gasteiger partial charge < -0.3 is 5.32 Å². The maximum Gasteiger partial charge on any atom is 0.146 e. The minimum Gasteiger partial charge on any atom is -0.376 e. The van der Waals surface area contributed by atoms with E-state index in [1.165, 1.54) is 6.07 Å². The van der Waals surface area contributed by atoms with Crippen LogP contribution in [0.2, 0.25) is 5.02 Å². The summed E-state index contributed by atoms with van der Waals surface area (Å²) in [5, 5.41) is 3.83. The summed E-state index contributed by atoms with van der Waals surface area (Å²) in [4.78, 5) is 0. The van der Waals surface area contributed by atoms with Crippen LogP contribution < -0.4 is 5.32 Å². The molecule has 0 aliphatic heterocycles. The Morgan fingerprint density at radius 2 is 1.83 bits per heavy atom. The predicted octanol–water partition coefficient (Wildman–Crippen LogP) is 5.41. The standard InChI is InChI=1S/C14H12BrClFN/c1-9(10-2-5-12(16)6-3-10)18-14-8-11(15)4-7-13(14)17/h2-9,18H,1H3. The van der Waals surface area contributed by atoms with Gasteiger partial charge in [-0.1, -0.05) is 39.7 Å². The average Bonchev–Trinajstić information content (AvgIpc) is 2.34. The summed E-state index contributed by atoms with van der Waals surface area (Å²) >= 11 is 9.16. The number of hydrogen-bond acceptors (Lipinski definition) is 1. The quantitative estimate of drug-likeness (QED) is 0.794. The maximum atomic E-state index is 13.6. The van der Waals surface area contributed by atoms with Crippen LogP contribution in [0.15, 0.2) is 46.9 Å². The highest BCUT2D eigenvalue weighted by atomic mass is 79.9. The summed E-state index contributed by atoms with van der Waals surface area (Å²) in [7, 11) is 0. The third-order valence-corrected chi connectivity index (χ3v) is 3.42. The molecule has 2 rings (SSSR count). The highest BCUT2D eigenvalue weighted by Gasteiger charge is 2.08. The van der Waals surface area contributed by atoms with Gasteiger partial charge in [0, 0.05) is 15.5 Å². The van der Waals surface area contributed by atoms with E-state index in [-0.39, 0.29) is 11.9 Å². The molecule has 0 saturated carbocycles. The zero-order valence-corrected chi connectivity index (χ0v) is 12.1. The van der Waals surface area contributed by atoms with Gasteiger partial charge in [-0.15, -0.1) is 0 Å². The summed E-state index contributed by atoms with van der Waals surface area (Å²) in [5.41, 5.74) is 1.53. The van der Waals surface area contributed by atoms with Crippen LogP contribution >= 0.6 is 27.5 Å². The van der Waals surface area contributed by atoms with Gasteiger partial charge in [-0.2, -0.15) is 0 Å². The number of rotatable bonds is 3. The van der Waals surface area contributed by atoms with Crippen LogP contribution in [0.4, 0.5) is 10.1 Å². The van der Waals surface area contributed by atoms with E-state index in [0.29, 0.717) is 10.7 Å². The molecule has 4 heteroatoms. The lowest BCUT2D eigenvalue weighted by atomic mass is 10.1. The molecule has 0 radical (unpaired) electrons. The average molecular weight is 329 g/mol. The van der Waals surface area contributed by atoms with E-state index >= 15 is 0 Å². The number of nitrogens with one attached hydrogen (secondary N) is 1. The molecule has 0 aliphatic carbocycles. The van der Waals surface area contributed by atoms with E-state index in [2.05, 4.69) is 21.2 Å². The van der Waals surface area contributed by atoms with Gasteiger partial charge in [0.25, 0.3) is 0 Å². The van der Waals surface area contributed by atoms with Crippen LogP contribution in [-0.4, -0.2) is 0 Å². The first-order valence-corrected chi connectivity index (χ1v) is 6.70. The fourth-order valence-electron chi connectivity index (χ4n) is 1.68. The lowest BCUT2D eigenvalue weighted by Gasteiger charge is -2.16. The highest BCUT2D eigenvalue weighted by Crippen LogP contribution is 2.25. The van der Waals surface area contributed by atoms with Crippen LogP contribution in [0.1, 0.15) is 18.5 Å². The maximum absolute atomic E-state index is 13.6. The molecule has 2 aromatic carbocycles. The summed E-state index contributed by atoms with van der Waals surface area (Å²) in [5.74, 6) is -0.265. The second-order valence-corrected chi connectivity index (χ2v) is 5.39. The van der Waals surface area contributed by atoms with Crippen molar-refractivity contribution in [2.45, 2.75) is 13.0 Å². The summed E-state index contributed by atoms with van der Waals surface area (Å²) in [6.07, 6.45) is 0. The second-order valence-electron chi connectivity index (χ2n) is 4.04. The van der Waals surface area contributed by atoms with Gasteiger partial charge in [0.05, 0.1) is 5.69 Å². The molecule has 0 fully saturated rings. The molecule has 0 amide bonds. The van der Waals surface area contributed by atoms with Crippen molar-refractivity contribution in [3.8, 4) is 0 Å². The zero-order chi connectivity index (χ0) is 13.1. The molecule has 94 valence electrons. The Morgan fingerprint density at radius 1 is 1.17 bits per heavy atom. The van der Waals surface area contributed by atoms with Crippen molar-refractivity contribution >= 4 is 33.2 Å². The molecule has 0 bridgehead atoms. The second kappa shape index (κ2) is 5.72. The van der Waals surface area contributed by atoms with E-state index in [1.807, 2.05) is 31.2 Å². The Kier molecular flexibility index (Phi) is 4.25. The lowest BCUT2D eigenvalue weighted by molar-refractivity contribution is 0.627. The molecule has 1 nitrogen and oxygen atoms in total. The third kappa shape index (κ3) is 3.24. The monoisotopic (exact) mass is 327 g/mol. The fourth-order valence-corrected chi connectivity index (χ4v) is 2.16. The molecule has 0 saturated heterocycles. The minimum absolute atomic E-state index is 0.00562. The van der Waals surface area contributed by atoms with E-state index < -0.39 is 0 Å². The summed E-state index contributed by atoms with van der Waals surface area (Å²) in [6.45, 7) is 1.98. The first kappa shape index (κ1) is 13.4. The minimum atomic E-state index is -0.265. The Balaban J connectivity index is 2.18. The topological polar surface area (TPSA) is 12.0 Å². The first-order chi connectivity index (χ1) is 8.56. The van der Waals surface area contributed by atoms with Gasteiger partial charge in [-0.3, -0.25) is 0 Å². The van der Waals surface area contributed by atoms with Crippen molar-refractivity contribution < 1.29 is 4.39 Å².